The number of carboxylic acids is 1. The second-order valence-electron chi connectivity index (χ2n) is 2.49. The molecule has 2 aromatic heterocycles. The average molecular weight is 258 g/mol. The van der Waals surface area contributed by atoms with Crippen molar-refractivity contribution < 1.29 is 9.90 Å². The molecule has 0 bridgehead atoms. The van der Waals surface area contributed by atoms with Gasteiger partial charge in [-0.25, -0.2) is 14.6 Å². The van der Waals surface area contributed by atoms with Crippen LogP contribution in [-0.4, -0.2) is 36.0 Å². The predicted octanol–water partition coefficient (Wildman–Crippen LogP) is 0.0684. The highest BCUT2D eigenvalue weighted by Gasteiger charge is 2.09. The van der Waals surface area contributed by atoms with E-state index < -0.39 is 5.97 Å². The van der Waals surface area contributed by atoms with Gasteiger partial charge in [-0.3, -0.25) is 4.79 Å². The average Bonchev–Trinajstić information content (AvgIpc) is 2.47. The lowest BCUT2D eigenvalue weighted by atomic mass is 10.5. The number of hydrogen-bond acceptors (Lipinski definition) is 5. The van der Waals surface area contributed by atoms with E-state index in [1.165, 1.54) is 10.9 Å². The first-order valence-electron chi connectivity index (χ1n) is 3.60. The Morgan fingerprint density at radius 3 is 3.14 bits per heavy atom. The van der Waals surface area contributed by atoms with Gasteiger partial charge in [-0.05, 0) is 15.9 Å². The van der Waals surface area contributed by atoms with E-state index in [9.17, 15) is 4.79 Å². The summed E-state index contributed by atoms with van der Waals surface area (Å²) >= 11 is 3.08. The van der Waals surface area contributed by atoms with Gasteiger partial charge in [0, 0.05) is 0 Å². The van der Waals surface area contributed by atoms with Crippen LogP contribution in [0.25, 0.3) is 11.2 Å². The molecule has 0 atom stereocenters. The molecule has 0 radical (unpaired) electrons. The van der Waals surface area contributed by atoms with Crippen molar-refractivity contribution >= 4 is 33.1 Å². The minimum Gasteiger partial charge on any atom is -0.480 e. The molecule has 8 heteroatoms. The number of nitrogens with zero attached hydrogens (tertiary/aromatic N) is 5. The first-order valence-corrected chi connectivity index (χ1v) is 4.39. The summed E-state index contributed by atoms with van der Waals surface area (Å²) in [5.74, 6) is -0.994. The van der Waals surface area contributed by atoms with Crippen molar-refractivity contribution in [2.75, 3.05) is 0 Å². The Kier molecular flexibility index (Phi) is 2.12. The fourth-order valence-corrected chi connectivity index (χ4v) is 1.26. The summed E-state index contributed by atoms with van der Waals surface area (Å²) in [7, 11) is 0. The van der Waals surface area contributed by atoms with Crippen molar-refractivity contribution in [2.45, 2.75) is 6.54 Å². The fourth-order valence-electron chi connectivity index (χ4n) is 0.985. The van der Waals surface area contributed by atoms with Gasteiger partial charge in [0.25, 0.3) is 0 Å². The molecular weight excluding hydrogens is 254 g/mol. The normalized spacial score (nSPS) is 10.6. The number of carbonyl (C=O) groups is 1. The van der Waals surface area contributed by atoms with Crippen LogP contribution >= 0.6 is 15.9 Å². The second kappa shape index (κ2) is 3.29. The summed E-state index contributed by atoms with van der Waals surface area (Å²) in [6, 6.07) is 0. The van der Waals surface area contributed by atoms with Crippen molar-refractivity contribution in [3.05, 3.63) is 10.9 Å². The number of halogens is 1. The Labute approximate surface area is 85.9 Å². The Morgan fingerprint density at radius 1 is 1.64 bits per heavy atom. The van der Waals surface area contributed by atoms with Crippen LogP contribution in [0.15, 0.2) is 10.9 Å². The molecule has 0 fully saturated rings. The highest BCUT2D eigenvalue weighted by atomic mass is 79.9. The van der Waals surface area contributed by atoms with E-state index in [4.69, 9.17) is 5.11 Å². The van der Waals surface area contributed by atoms with Crippen LogP contribution in [0.3, 0.4) is 0 Å². The molecule has 2 heterocycles. The third kappa shape index (κ3) is 1.55. The molecule has 0 saturated heterocycles. The molecule has 0 saturated carbocycles. The van der Waals surface area contributed by atoms with E-state index >= 15 is 0 Å². The summed E-state index contributed by atoms with van der Waals surface area (Å²) in [5, 5.41) is 15.9. The van der Waals surface area contributed by atoms with Crippen LogP contribution in [0, 0.1) is 0 Å². The van der Waals surface area contributed by atoms with E-state index in [1.807, 2.05) is 0 Å². The van der Waals surface area contributed by atoms with Gasteiger partial charge in [-0.15, -0.1) is 5.10 Å². The van der Waals surface area contributed by atoms with Gasteiger partial charge in [0.1, 0.15) is 6.54 Å². The molecule has 14 heavy (non-hydrogen) atoms. The fraction of sp³-hybridized carbons (Fsp3) is 0.167. The largest absolute Gasteiger partial charge is 0.480 e. The standard InChI is InChI=1S/C6H4BrN5O2/c7-6-8-1-3-5(9-6)12(11-10-3)2-4(13)14/h1H,2H2,(H,13,14). The molecule has 0 aliphatic rings. The minimum atomic E-state index is -0.994. The molecular formula is C6H4BrN5O2. The van der Waals surface area contributed by atoms with Crippen LogP contribution in [0.2, 0.25) is 0 Å². The van der Waals surface area contributed by atoms with Crippen LogP contribution in [-0.2, 0) is 11.3 Å². The number of rotatable bonds is 2. The highest BCUT2D eigenvalue weighted by Crippen LogP contribution is 2.09. The molecule has 0 aliphatic heterocycles. The summed E-state index contributed by atoms with van der Waals surface area (Å²) in [6.45, 7) is -0.264. The Bertz CT molecular complexity index is 496. The molecule has 0 amide bonds. The molecule has 0 aliphatic carbocycles. The van der Waals surface area contributed by atoms with Crippen LogP contribution in [0.5, 0.6) is 0 Å². The predicted molar refractivity (Wildman–Crippen MR) is 48.5 cm³/mol. The lowest BCUT2D eigenvalue weighted by Crippen LogP contribution is -2.10. The highest BCUT2D eigenvalue weighted by molar-refractivity contribution is 9.10. The molecule has 2 rings (SSSR count). The van der Waals surface area contributed by atoms with Crippen molar-refractivity contribution in [3.8, 4) is 0 Å². The van der Waals surface area contributed by atoms with E-state index in [1.54, 1.807) is 0 Å². The smallest absolute Gasteiger partial charge is 0.325 e. The maximum Gasteiger partial charge on any atom is 0.325 e. The van der Waals surface area contributed by atoms with E-state index in [-0.39, 0.29) is 6.54 Å². The third-order valence-electron chi connectivity index (χ3n) is 1.51. The summed E-state index contributed by atoms with van der Waals surface area (Å²) in [6.07, 6.45) is 1.47. The second-order valence-corrected chi connectivity index (χ2v) is 3.20. The molecule has 1 N–H and O–H groups in total. The maximum absolute atomic E-state index is 10.5. The quantitative estimate of drug-likeness (QED) is 0.766. The van der Waals surface area contributed by atoms with Crippen LogP contribution in [0.1, 0.15) is 0 Å². The van der Waals surface area contributed by atoms with Crippen molar-refractivity contribution in [1.29, 1.82) is 0 Å². The zero-order valence-corrected chi connectivity index (χ0v) is 8.34. The van der Waals surface area contributed by atoms with E-state index in [2.05, 4.69) is 36.2 Å². The zero-order valence-electron chi connectivity index (χ0n) is 6.75. The first-order chi connectivity index (χ1) is 6.66. The van der Waals surface area contributed by atoms with Crippen LogP contribution < -0.4 is 0 Å². The summed E-state index contributed by atoms with van der Waals surface area (Å²) < 4.78 is 1.57. The van der Waals surface area contributed by atoms with Gasteiger partial charge >= 0.3 is 5.97 Å². The minimum absolute atomic E-state index is 0.264. The van der Waals surface area contributed by atoms with Gasteiger partial charge in [0.2, 0.25) is 0 Å². The molecule has 72 valence electrons. The number of hydrogen-bond donors (Lipinski definition) is 1. The van der Waals surface area contributed by atoms with Crippen molar-refractivity contribution in [1.82, 2.24) is 25.0 Å². The third-order valence-corrected chi connectivity index (χ3v) is 1.89. The Hall–Kier alpha value is -1.57. The number of carboxylic acid groups (broad SMARTS) is 1. The molecule has 0 unspecified atom stereocenters. The molecule has 0 aromatic carbocycles. The molecule has 7 nitrogen and oxygen atoms in total. The van der Waals surface area contributed by atoms with Crippen molar-refractivity contribution in [3.63, 3.8) is 0 Å². The number of aliphatic carboxylic acids is 1. The lowest BCUT2D eigenvalue weighted by Gasteiger charge is -1.95. The van der Waals surface area contributed by atoms with E-state index in [0.29, 0.717) is 15.9 Å². The Morgan fingerprint density at radius 2 is 2.43 bits per heavy atom. The Balaban J connectivity index is 2.55. The maximum atomic E-state index is 10.5. The summed E-state index contributed by atoms with van der Waals surface area (Å²) in [5.41, 5.74) is 0.865. The lowest BCUT2D eigenvalue weighted by molar-refractivity contribution is -0.137. The first kappa shape index (κ1) is 9.00. The van der Waals surface area contributed by atoms with Gasteiger partial charge in [0.15, 0.2) is 15.9 Å². The van der Waals surface area contributed by atoms with Gasteiger partial charge in [0.05, 0.1) is 6.20 Å². The number of fused-ring (bicyclic) bond motifs is 1. The summed E-state index contributed by atoms with van der Waals surface area (Å²) in [4.78, 5) is 18.3. The van der Waals surface area contributed by atoms with Crippen molar-refractivity contribution in [2.24, 2.45) is 0 Å². The monoisotopic (exact) mass is 257 g/mol. The van der Waals surface area contributed by atoms with Crippen LogP contribution in [0.4, 0.5) is 0 Å². The topological polar surface area (TPSA) is 93.8 Å². The SMILES string of the molecule is O=C(O)Cn1nnc2cnc(Br)nc21. The van der Waals surface area contributed by atoms with Gasteiger partial charge in [-0.1, -0.05) is 5.21 Å². The van der Waals surface area contributed by atoms with Gasteiger partial charge in [-0.2, -0.15) is 0 Å². The van der Waals surface area contributed by atoms with Gasteiger partial charge < -0.3 is 5.11 Å². The zero-order chi connectivity index (χ0) is 10.1. The van der Waals surface area contributed by atoms with E-state index in [0.717, 1.165) is 0 Å². The number of aromatic nitrogens is 5. The molecule has 0 spiro atoms. The molecule has 2 aromatic rings.